The highest BCUT2D eigenvalue weighted by Gasteiger charge is 2.33. The summed E-state index contributed by atoms with van der Waals surface area (Å²) in [5.41, 5.74) is 1.59. The molecule has 4 nitrogen and oxygen atoms in total. The Balaban J connectivity index is 1.61. The van der Waals surface area contributed by atoms with E-state index < -0.39 is 0 Å². The van der Waals surface area contributed by atoms with Crippen LogP contribution in [0.3, 0.4) is 0 Å². The van der Waals surface area contributed by atoms with Gasteiger partial charge in [-0.3, -0.25) is 9.69 Å². The largest absolute Gasteiger partial charge is 0.457 e. The van der Waals surface area contributed by atoms with Gasteiger partial charge in [0.05, 0.1) is 10.6 Å². The summed E-state index contributed by atoms with van der Waals surface area (Å²) in [6.07, 6.45) is 2.57. The van der Waals surface area contributed by atoms with Gasteiger partial charge in [0.25, 0.3) is 5.91 Å². The zero-order valence-corrected chi connectivity index (χ0v) is 16.7. The van der Waals surface area contributed by atoms with Crippen molar-refractivity contribution >= 4 is 34.6 Å². The first kappa shape index (κ1) is 19.2. The summed E-state index contributed by atoms with van der Waals surface area (Å²) < 4.78 is 19.0. The molecule has 1 aliphatic rings. The number of amides is 1. The molecule has 6 heteroatoms. The van der Waals surface area contributed by atoms with Gasteiger partial charge in [0.15, 0.2) is 5.17 Å². The van der Waals surface area contributed by atoms with E-state index in [1.165, 1.54) is 23.9 Å². The maximum absolute atomic E-state index is 13.1. The summed E-state index contributed by atoms with van der Waals surface area (Å²) in [6.45, 7) is 2.63. The Hall–Kier alpha value is -3.12. The lowest BCUT2D eigenvalue weighted by Gasteiger charge is -2.13. The van der Waals surface area contributed by atoms with E-state index in [1.54, 1.807) is 29.2 Å². The standard InChI is InChI=1S/C23H19FN2O2S/c1-2-14-26-22(27)21(29-23(26)25-18-6-4-3-5-7-18)15-19-12-13-20(28-19)16-8-10-17(24)11-9-16/h3-13,15H,2,14H2,1H3/b21-15+,25-23?. The quantitative estimate of drug-likeness (QED) is 0.481. The molecule has 0 unspecified atom stereocenters. The number of thioether (sulfide) groups is 1. The normalized spacial score (nSPS) is 16.9. The van der Waals surface area contributed by atoms with Gasteiger partial charge < -0.3 is 4.42 Å². The minimum atomic E-state index is -0.295. The van der Waals surface area contributed by atoms with Crippen LogP contribution in [0, 0.1) is 5.82 Å². The summed E-state index contributed by atoms with van der Waals surface area (Å²) >= 11 is 1.34. The summed E-state index contributed by atoms with van der Waals surface area (Å²) in [5.74, 6) is 0.816. The molecular weight excluding hydrogens is 387 g/mol. The van der Waals surface area contributed by atoms with Crippen LogP contribution in [0.15, 0.2) is 81.0 Å². The Morgan fingerprint density at radius 3 is 2.55 bits per heavy atom. The van der Waals surface area contributed by atoms with Crippen LogP contribution < -0.4 is 0 Å². The average molecular weight is 406 g/mol. The molecule has 1 amide bonds. The van der Waals surface area contributed by atoms with Crippen molar-refractivity contribution in [2.24, 2.45) is 4.99 Å². The zero-order valence-electron chi connectivity index (χ0n) is 15.8. The number of benzene rings is 2. The fourth-order valence-electron chi connectivity index (χ4n) is 2.95. The smallest absolute Gasteiger partial charge is 0.266 e. The first-order chi connectivity index (χ1) is 14.1. The van der Waals surface area contributed by atoms with Crippen molar-refractivity contribution in [3.05, 3.63) is 83.2 Å². The Labute approximate surface area is 172 Å². The monoisotopic (exact) mass is 406 g/mol. The second-order valence-electron chi connectivity index (χ2n) is 6.51. The summed E-state index contributed by atoms with van der Waals surface area (Å²) in [5, 5.41) is 0.666. The minimum absolute atomic E-state index is 0.0775. The van der Waals surface area contributed by atoms with Crippen molar-refractivity contribution < 1.29 is 13.6 Å². The molecule has 1 fully saturated rings. The van der Waals surface area contributed by atoms with Crippen LogP contribution >= 0.6 is 11.8 Å². The van der Waals surface area contributed by atoms with E-state index in [1.807, 2.05) is 43.3 Å². The van der Waals surface area contributed by atoms with Crippen LogP contribution in [0.25, 0.3) is 17.4 Å². The van der Waals surface area contributed by atoms with Gasteiger partial charge in [0.1, 0.15) is 17.3 Å². The molecule has 3 aromatic rings. The number of nitrogens with zero attached hydrogens (tertiary/aromatic N) is 2. The number of para-hydroxylation sites is 1. The van der Waals surface area contributed by atoms with Crippen LogP contribution in [0.2, 0.25) is 0 Å². The zero-order chi connectivity index (χ0) is 20.2. The third kappa shape index (κ3) is 4.32. The molecule has 4 rings (SSSR count). The summed E-state index contributed by atoms with van der Waals surface area (Å²) in [6, 6.07) is 19.3. The number of halogens is 1. The van der Waals surface area contributed by atoms with Crippen molar-refractivity contribution in [2.45, 2.75) is 13.3 Å². The molecule has 0 spiro atoms. The molecule has 2 aromatic carbocycles. The van der Waals surface area contributed by atoms with Gasteiger partial charge in [-0.25, -0.2) is 9.38 Å². The number of carbonyl (C=O) groups is 1. The predicted molar refractivity (Wildman–Crippen MR) is 115 cm³/mol. The van der Waals surface area contributed by atoms with Crippen LogP contribution in [0.5, 0.6) is 0 Å². The molecule has 0 saturated carbocycles. The van der Waals surface area contributed by atoms with E-state index in [4.69, 9.17) is 4.42 Å². The minimum Gasteiger partial charge on any atom is -0.457 e. The fraction of sp³-hybridized carbons (Fsp3) is 0.130. The number of aliphatic imine (C=N–C) groups is 1. The van der Waals surface area contributed by atoms with Crippen molar-refractivity contribution in [2.75, 3.05) is 6.54 Å². The van der Waals surface area contributed by atoms with Gasteiger partial charge in [0.2, 0.25) is 0 Å². The van der Waals surface area contributed by atoms with E-state index >= 15 is 0 Å². The lowest BCUT2D eigenvalue weighted by Crippen LogP contribution is -2.29. The van der Waals surface area contributed by atoms with Crippen molar-refractivity contribution in [3.63, 3.8) is 0 Å². The SMILES string of the molecule is CCCN1C(=O)/C(=C\c2ccc(-c3ccc(F)cc3)o2)SC1=Nc1ccccc1. The molecule has 146 valence electrons. The Bertz CT molecular complexity index is 1070. The predicted octanol–water partition coefficient (Wildman–Crippen LogP) is 6.10. The van der Waals surface area contributed by atoms with Gasteiger partial charge in [0, 0.05) is 18.2 Å². The third-order valence-electron chi connectivity index (χ3n) is 4.35. The Morgan fingerprint density at radius 2 is 1.83 bits per heavy atom. The van der Waals surface area contributed by atoms with Gasteiger partial charge in [-0.15, -0.1) is 0 Å². The molecule has 0 bridgehead atoms. The first-order valence-corrected chi connectivity index (χ1v) is 10.2. The van der Waals surface area contributed by atoms with Crippen LogP contribution in [-0.4, -0.2) is 22.5 Å². The Kier molecular flexibility index (Phi) is 5.62. The maximum atomic E-state index is 13.1. The third-order valence-corrected chi connectivity index (χ3v) is 5.35. The molecule has 1 saturated heterocycles. The lowest BCUT2D eigenvalue weighted by atomic mass is 10.2. The summed E-state index contributed by atoms with van der Waals surface area (Å²) in [7, 11) is 0. The number of amidine groups is 1. The van der Waals surface area contributed by atoms with E-state index in [0.717, 1.165) is 17.7 Å². The molecule has 29 heavy (non-hydrogen) atoms. The molecule has 1 aliphatic heterocycles. The second kappa shape index (κ2) is 8.49. The van der Waals surface area contributed by atoms with Crippen molar-refractivity contribution in [1.29, 1.82) is 0 Å². The van der Waals surface area contributed by atoms with Crippen LogP contribution in [0.1, 0.15) is 19.1 Å². The topological polar surface area (TPSA) is 45.8 Å². The fourth-order valence-corrected chi connectivity index (χ4v) is 3.96. The van der Waals surface area contributed by atoms with Gasteiger partial charge in [-0.2, -0.15) is 0 Å². The number of rotatable bonds is 5. The molecule has 1 aromatic heterocycles. The van der Waals surface area contributed by atoms with E-state index in [-0.39, 0.29) is 11.7 Å². The van der Waals surface area contributed by atoms with Crippen molar-refractivity contribution in [1.82, 2.24) is 4.90 Å². The first-order valence-electron chi connectivity index (χ1n) is 9.35. The lowest BCUT2D eigenvalue weighted by molar-refractivity contribution is -0.122. The highest BCUT2D eigenvalue weighted by Crippen LogP contribution is 2.35. The Morgan fingerprint density at radius 1 is 1.07 bits per heavy atom. The second-order valence-corrected chi connectivity index (χ2v) is 7.52. The molecule has 0 atom stereocenters. The van der Waals surface area contributed by atoms with Gasteiger partial charge in [-0.05, 0) is 66.7 Å². The van der Waals surface area contributed by atoms with Crippen molar-refractivity contribution in [3.8, 4) is 11.3 Å². The molecule has 0 aliphatic carbocycles. The van der Waals surface area contributed by atoms with Crippen LogP contribution in [-0.2, 0) is 4.79 Å². The number of hydrogen-bond donors (Lipinski definition) is 0. The number of hydrogen-bond acceptors (Lipinski definition) is 4. The molecule has 0 radical (unpaired) electrons. The van der Waals surface area contributed by atoms with E-state index in [2.05, 4.69) is 4.99 Å². The average Bonchev–Trinajstić information content (AvgIpc) is 3.30. The molecule has 2 heterocycles. The number of carbonyl (C=O) groups excluding carboxylic acids is 1. The van der Waals surface area contributed by atoms with E-state index in [9.17, 15) is 9.18 Å². The highest BCUT2D eigenvalue weighted by molar-refractivity contribution is 8.18. The van der Waals surface area contributed by atoms with E-state index in [0.29, 0.717) is 28.1 Å². The van der Waals surface area contributed by atoms with Crippen LogP contribution in [0.4, 0.5) is 10.1 Å². The molecule has 0 N–H and O–H groups in total. The maximum Gasteiger partial charge on any atom is 0.266 e. The summed E-state index contributed by atoms with van der Waals surface area (Å²) in [4.78, 5) is 19.8. The number of furan rings is 1. The highest BCUT2D eigenvalue weighted by atomic mass is 32.2. The molecular formula is C23H19FN2O2S. The van der Waals surface area contributed by atoms with Gasteiger partial charge in [-0.1, -0.05) is 25.1 Å². The van der Waals surface area contributed by atoms with Gasteiger partial charge >= 0.3 is 0 Å².